The van der Waals surface area contributed by atoms with Crippen LogP contribution in [0.15, 0.2) is 70.2 Å². The van der Waals surface area contributed by atoms with E-state index in [2.05, 4.69) is 26.9 Å². The van der Waals surface area contributed by atoms with Gasteiger partial charge in [0.2, 0.25) is 5.89 Å². The summed E-state index contributed by atoms with van der Waals surface area (Å²) in [6, 6.07) is 20.3. The first kappa shape index (κ1) is 17.3. The molecule has 2 aromatic heterocycles. The van der Waals surface area contributed by atoms with Crippen LogP contribution in [0.25, 0.3) is 17.1 Å². The molecule has 2 aromatic carbocycles. The first-order chi connectivity index (χ1) is 13.8. The molecule has 0 amide bonds. The quantitative estimate of drug-likeness (QED) is 0.414. The average molecular weight is 388 g/mol. The van der Waals surface area contributed by atoms with E-state index < -0.39 is 0 Å². The molecule has 1 saturated carbocycles. The summed E-state index contributed by atoms with van der Waals surface area (Å²) in [5.74, 6) is 3.80. The number of thioether (sulfide) groups is 1. The third-order valence-electron chi connectivity index (χ3n) is 4.87. The summed E-state index contributed by atoms with van der Waals surface area (Å²) >= 11 is 1.65. The Bertz CT molecular complexity index is 1080. The van der Waals surface area contributed by atoms with Crippen LogP contribution in [0.5, 0.6) is 0 Å². The summed E-state index contributed by atoms with van der Waals surface area (Å²) in [6.07, 6.45) is 2.39. The maximum atomic E-state index is 5.89. The van der Waals surface area contributed by atoms with Crippen molar-refractivity contribution in [2.24, 2.45) is 0 Å². The van der Waals surface area contributed by atoms with Crippen LogP contribution in [0.3, 0.4) is 0 Å². The van der Waals surface area contributed by atoms with Gasteiger partial charge in [-0.2, -0.15) is 0 Å². The van der Waals surface area contributed by atoms with E-state index in [-0.39, 0.29) is 0 Å². The number of hydrogen-bond acceptors (Lipinski definition) is 5. The maximum absolute atomic E-state index is 5.89. The molecule has 140 valence electrons. The highest BCUT2D eigenvalue weighted by Gasteiger charge is 2.31. The molecule has 4 aromatic rings. The van der Waals surface area contributed by atoms with Crippen molar-refractivity contribution in [3.8, 4) is 17.1 Å². The van der Waals surface area contributed by atoms with Crippen molar-refractivity contribution in [3.05, 3.63) is 77.9 Å². The van der Waals surface area contributed by atoms with E-state index in [0.717, 1.165) is 33.7 Å². The van der Waals surface area contributed by atoms with Crippen LogP contribution in [0.4, 0.5) is 0 Å². The second-order valence-corrected chi connectivity index (χ2v) is 7.91. The Hall–Kier alpha value is -2.86. The van der Waals surface area contributed by atoms with Gasteiger partial charge >= 0.3 is 0 Å². The van der Waals surface area contributed by atoms with E-state index in [1.165, 1.54) is 12.8 Å². The highest BCUT2D eigenvalue weighted by atomic mass is 32.2. The standard InChI is InChI=1S/C22H20N4OS/c1-15-19(23-21(27-15)17-8-4-2-5-9-17)14-28-22-25-24-20(16-12-13-16)26(22)18-10-6-3-7-11-18/h2-11,16H,12-14H2,1H3. The van der Waals surface area contributed by atoms with Crippen LogP contribution in [0.2, 0.25) is 0 Å². The largest absolute Gasteiger partial charge is 0.441 e. The van der Waals surface area contributed by atoms with E-state index in [4.69, 9.17) is 9.40 Å². The molecule has 2 heterocycles. The minimum Gasteiger partial charge on any atom is -0.441 e. The van der Waals surface area contributed by atoms with Gasteiger partial charge in [-0.25, -0.2) is 4.98 Å². The molecule has 0 unspecified atom stereocenters. The first-order valence-corrected chi connectivity index (χ1v) is 10.4. The average Bonchev–Trinajstić information content (AvgIpc) is 3.39. The number of benzene rings is 2. The van der Waals surface area contributed by atoms with Gasteiger partial charge in [-0.1, -0.05) is 48.2 Å². The van der Waals surface area contributed by atoms with Gasteiger partial charge in [0.15, 0.2) is 5.16 Å². The molecule has 28 heavy (non-hydrogen) atoms. The monoisotopic (exact) mass is 388 g/mol. The second-order valence-electron chi connectivity index (χ2n) is 6.96. The minimum absolute atomic E-state index is 0.528. The van der Waals surface area contributed by atoms with Gasteiger partial charge in [0.1, 0.15) is 11.6 Å². The lowest BCUT2D eigenvalue weighted by Crippen LogP contribution is -2.01. The number of nitrogens with zero attached hydrogens (tertiary/aromatic N) is 4. The van der Waals surface area contributed by atoms with Gasteiger partial charge in [-0.3, -0.25) is 4.57 Å². The zero-order valence-electron chi connectivity index (χ0n) is 15.6. The molecule has 0 atom stereocenters. The highest BCUT2D eigenvalue weighted by molar-refractivity contribution is 7.98. The lowest BCUT2D eigenvalue weighted by molar-refractivity contribution is 0.540. The summed E-state index contributed by atoms with van der Waals surface area (Å²) in [7, 11) is 0. The lowest BCUT2D eigenvalue weighted by atomic mass is 10.2. The molecular formula is C22H20N4OS. The molecule has 1 fully saturated rings. The Kier molecular flexibility index (Phi) is 4.49. The van der Waals surface area contributed by atoms with Gasteiger partial charge in [-0.05, 0) is 44.0 Å². The molecule has 5 rings (SSSR count). The molecular weight excluding hydrogens is 368 g/mol. The zero-order valence-corrected chi connectivity index (χ0v) is 16.4. The predicted molar refractivity (Wildman–Crippen MR) is 110 cm³/mol. The van der Waals surface area contributed by atoms with E-state index >= 15 is 0 Å². The number of aryl methyl sites for hydroxylation is 1. The van der Waals surface area contributed by atoms with Crippen LogP contribution in [0, 0.1) is 6.92 Å². The summed E-state index contributed by atoms with van der Waals surface area (Å²) in [5.41, 5.74) is 3.04. The van der Waals surface area contributed by atoms with Crippen LogP contribution < -0.4 is 0 Å². The van der Waals surface area contributed by atoms with Crippen molar-refractivity contribution in [3.63, 3.8) is 0 Å². The normalized spacial score (nSPS) is 13.8. The molecule has 0 spiro atoms. The molecule has 6 heteroatoms. The number of oxazole rings is 1. The molecule has 0 radical (unpaired) electrons. The fraction of sp³-hybridized carbons (Fsp3) is 0.227. The topological polar surface area (TPSA) is 56.7 Å². The number of rotatable bonds is 6. The van der Waals surface area contributed by atoms with E-state index in [9.17, 15) is 0 Å². The van der Waals surface area contributed by atoms with Crippen LogP contribution >= 0.6 is 11.8 Å². The van der Waals surface area contributed by atoms with Crippen LogP contribution in [-0.2, 0) is 5.75 Å². The van der Waals surface area contributed by atoms with Gasteiger partial charge in [0.05, 0.1) is 5.69 Å². The van der Waals surface area contributed by atoms with Crippen molar-refractivity contribution in [1.29, 1.82) is 0 Å². The Morgan fingerprint density at radius 2 is 1.71 bits per heavy atom. The fourth-order valence-electron chi connectivity index (χ4n) is 3.20. The Morgan fingerprint density at radius 1 is 1.00 bits per heavy atom. The van der Waals surface area contributed by atoms with E-state index in [0.29, 0.717) is 17.6 Å². The van der Waals surface area contributed by atoms with Crippen LogP contribution in [0.1, 0.15) is 36.0 Å². The third kappa shape index (κ3) is 3.36. The van der Waals surface area contributed by atoms with Crippen LogP contribution in [-0.4, -0.2) is 19.7 Å². The predicted octanol–water partition coefficient (Wildman–Crippen LogP) is 5.40. The summed E-state index contributed by atoms with van der Waals surface area (Å²) in [4.78, 5) is 4.71. The van der Waals surface area contributed by atoms with Crippen molar-refractivity contribution in [2.75, 3.05) is 0 Å². The van der Waals surface area contributed by atoms with Gasteiger partial charge in [0.25, 0.3) is 0 Å². The number of para-hydroxylation sites is 1. The molecule has 0 saturated heterocycles. The summed E-state index contributed by atoms with van der Waals surface area (Å²) in [6.45, 7) is 1.97. The molecule has 1 aliphatic carbocycles. The van der Waals surface area contributed by atoms with Gasteiger partial charge in [0, 0.05) is 22.9 Å². The van der Waals surface area contributed by atoms with E-state index in [1.807, 2.05) is 55.5 Å². The lowest BCUT2D eigenvalue weighted by Gasteiger charge is -2.09. The van der Waals surface area contributed by atoms with Crippen molar-refractivity contribution < 1.29 is 4.42 Å². The Balaban J connectivity index is 1.41. The molecule has 0 bridgehead atoms. The number of hydrogen-bond donors (Lipinski definition) is 0. The first-order valence-electron chi connectivity index (χ1n) is 9.45. The van der Waals surface area contributed by atoms with Gasteiger partial charge < -0.3 is 4.42 Å². The Labute approximate surface area is 167 Å². The second kappa shape index (κ2) is 7.28. The third-order valence-corrected chi connectivity index (χ3v) is 5.81. The van der Waals surface area contributed by atoms with Gasteiger partial charge in [-0.15, -0.1) is 10.2 Å². The fourth-order valence-corrected chi connectivity index (χ4v) is 4.16. The molecule has 5 nitrogen and oxygen atoms in total. The van der Waals surface area contributed by atoms with Crippen molar-refractivity contribution in [2.45, 2.75) is 36.6 Å². The SMILES string of the molecule is Cc1oc(-c2ccccc2)nc1CSc1nnc(C2CC2)n1-c1ccccc1. The highest BCUT2D eigenvalue weighted by Crippen LogP contribution is 2.41. The van der Waals surface area contributed by atoms with E-state index in [1.54, 1.807) is 11.8 Å². The molecule has 1 aliphatic rings. The summed E-state index contributed by atoms with van der Waals surface area (Å²) < 4.78 is 8.08. The molecule has 0 N–H and O–H groups in total. The smallest absolute Gasteiger partial charge is 0.226 e. The van der Waals surface area contributed by atoms with Crippen molar-refractivity contribution >= 4 is 11.8 Å². The minimum atomic E-state index is 0.528. The van der Waals surface area contributed by atoms with Crippen molar-refractivity contribution in [1.82, 2.24) is 19.7 Å². The number of aromatic nitrogens is 4. The maximum Gasteiger partial charge on any atom is 0.226 e. The zero-order chi connectivity index (χ0) is 18.9. The molecule has 0 aliphatic heterocycles. The Morgan fingerprint density at radius 3 is 2.43 bits per heavy atom. The summed E-state index contributed by atoms with van der Waals surface area (Å²) in [5, 5.41) is 9.87.